The van der Waals surface area contributed by atoms with Crippen molar-refractivity contribution in [3.8, 4) is 0 Å². The normalized spacial score (nSPS) is 15.0. The maximum absolute atomic E-state index is 8.66. The first-order chi connectivity index (χ1) is 5.02. The van der Waals surface area contributed by atoms with Crippen molar-refractivity contribution in [3.05, 3.63) is 0 Å². The van der Waals surface area contributed by atoms with Gasteiger partial charge >= 0.3 is 0 Å². The molecule has 1 N–H and O–H groups in total. The lowest BCUT2D eigenvalue weighted by atomic mass is 9.79. The van der Waals surface area contributed by atoms with Gasteiger partial charge in [0.2, 0.25) is 0 Å². The number of hydrogen-bond acceptors (Lipinski definition) is 1. The second-order valence-electron chi connectivity index (χ2n) is 4.08. The second-order valence-corrected chi connectivity index (χ2v) is 4.73. The minimum Gasteiger partial charge on any atom is -0.396 e. The fourth-order valence-corrected chi connectivity index (χ4v) is 2.37. The van der Waals surface area contributed by atoms with Gasteiger partial charge in [-0.25, -0.2) is 0 Å². The first kappa shape index (κ1) is 11.4. The predicted octanol–water partition coefficient (Wildman–Crippen LogP) is 2.82. The van der Waals surface area contributed by atoms with Crippen LogP contribution in [-0.4, -0.2) is 17.0 Å². The standard InChI is InChI=1S/C9H19BrO/c1-9(2,3)8(7-10)5-4-6-11/h8,11H,4-7H2,1-3H3. The van der Waals surface area contributed by atoms with Gasteiger partial charge in [0.25, 0.3) is 0 Å². The number of aliphatic hydroxyl groups excluding tert-OH is 1. The molecular weight excluding hydrogens is 204 g/mol. The van der Waals surface area contributed by atoms with Gasteiger partial charge in [-0.3, -0.25) is 0 Å². The van der Waals surface area contributed by atoms with E-state index in [1.807, 2.05) is 0 Å². The lowest BCUT2D eigenvalue weighted by Crippen LogP contribution is -2.21. The molecule has 0 radical (unpaired) electrons. The average molecular weight is 223 g/mol. The van der Waals surface area contributed by atoms with Gasteiger partial charge < -0.3 is 5.11 Å². The highest BCUT2D eigenvalue weighted by molar-refractivity contribution is 9.09. The predicted molar refractivity (Wildman–Crippen MR) is 53.1 cm³/mol. The van der Waals surface area contributed by atoms with Crippen molar-refractivity contribution in [2.45, 2.75) is 33.6 Å². The summed E-state index contributed by atoms with van der Waals surface area (Å²) in [5.74, 6) is 0.676. The SMILES string of the molecule is CC(C)(C)C(CBr)CCCO. The summed E-state index contributed by atoms with van der Waals surface area (Å²) in [5, 5.41) is 9.70. The van der Waals surface area contributed by atoms with Crippen LogP contribution in [0.3, 0.4) is 0 Å². The summed E-state index contributed by atoms with van der Waals surface area (Å²) >= 11 is 3.50. The van der Waals surface area contributed by atoms with E-state index in [4.69, 9.17) is 5.11 Å². The summed E-state index contributed by atoms with van der Waals surface area (Å²) in [6.45, 7) is 7.06. The van der Waals surface area contributed by atoms with Crippen LogP contribution in [-0.2, 0) is 0 Å². The molecular formula is C9H19BrO. The van der Waals surface area contributed by atoms with Crippen LogP contribution in [0, 0.1) is 11.3 Å². The molecule has 0 fully saturated rings. The van der Waals surface area contributed by atoms with E-state index in [-0.39, 0.29) is 0 Å². The van der Waals surface area contributed by atoms with Crippen LogP contribution >= 0.6 is 15.9 Å². The van der Waals surface area contributed by atoms with Crippen molar-refractivity contribution in [3.63, 3.8) is 0 Å². The number of aliphatic hydroxyl groups is 1. The van der Waals surface area contributed by atoms with E-state index < -0.39 is 0 Å². The Labute approximate surface area is 78.3 Å². The Morgan fingerprint density at radius 1 is 1.36 bits per heavy atom. The van der Waals surface area contributed by atoms with Crippen molar-refractivity contribution < 1.29 is 5.11 Å². The Balaban J connectivity index is 3.76. The van der Waals surface area contributed by atoms with Crippen molar-refractivity contribution in [1.82, 2.24) is 0 Å². The average Bonchev–Trinajstić information content (AvgIpc) is 1.87. The molecule has 1 atom stereocenters. The quantitative estimate of drug-likeness (QED) is 0.726. The minimum absolute atomic E-state index is 0.319. The molecule has 0 aliphatic rings. The lowest BCUT2D eigenvalue weighted by molar-refractivity contribution is 0.217. The second kappa shape index (κ2) is 5.15. The first-order valence-electron chi connectivity index (χ1n) is 4.19. The Morgan fingerprint density at radius 3 is 2.18 bits per heavy atom. The molecule has 0 spiro atoms. The van der Waals surface area contributed by atoms with Gasteiger partial charge in [-0.05, 0) is 24.2 Å². The van der Waals surface area contributed by atoms with Crippen LogP contribution in [0.15, 0.2) is 0 Å². The lowest BCUT2D eigenvalue weighted by Gasteiger charge is -2.28. The zero-order valence-corrected chi connectivity index (χ0v) is 9.32. The molecule has 0 rings (SSSR count). The minimum atomic E-state index is 0.319. The van der Waals surface area contributed by atoms with Crippen LogP contribution < -0.4 is 0 Å². The summed E-state index contributed by atoms with van der Waals surface area (Å²) in [5.41, 5.74) is 0.360. The molecule has 2 heteroatoms. The molecule has 0 aromatic rings. The maximum Gasteiger partial charge on any atom is 0.0431 e. The number of hydrogen-bond donors (Lipinski definition) is 1. The molecule has 68 valence electrons. The largest absolute Gasteiger partial charge is 0.396 e. The third kappa shape index (κ3) is 4.81. The van der Waals surface area contributed by atoms with Crippen molar-refractivity contribution >= 4 is 15.9 Å². The van der Waals surface area contributed by atoms with E-state index >= 15 is 0 Å². The van der Waals surface area contributed by atoms with E-state index in [0.717, 1.165) is 18.2 Å². The van der Waals surface area contributed by atoms with Crippen molar-refractivity contribution in [1.29, 1.82) is 0 Å². The van der Waals surface area contributed by atoms with Crippen LogP contribution in [0.4, 0.5) is 0 Å². The Morgan fingerprint density at radius 2 is 1.91 bits per heavy atom. The molecule has 0 aromatic carbocycles. The van der Waals surface area contributed by atoms with E-state index in [9.17, 15) is 0 Å². The van der Waals surface area contributed by atoms with Gasteiger partial charge in [0, 0.05) is 11.9 Å². The first-order valence-corrected chi connectivity index (χ1v) is 5.31. The highest BCUT2D eigenvalue weighted by Gasteiger charge is 2.22. The molecule has 0 saturated carbocycles. The summed E-state index contributed by atoms with van der Waals surface area (Å²) in [4.78, 5) is 0. The van der Waals surface area contributed by atoms with Crippen molar-refractivity contribution in [2.24, 2.45) is 11.3 Å². The highest BCUT2D eigenvalue weighted by atomic mass is 79.9. The fourth-order valence-electron chi connectivity index (χ4n) is 1.08. The van der Waals surface area contributed by atoms with E-state index in [0.29, 0.717) is 17.9 Å². The Hall–Kier alpha value is 0.440. The zero-order chi connectivity index (χ0) is 8.91. The molecule has 11 heavy (non-hydrogen) atoms. The van der Waals surface area contributed by atoms with Gasteiger partial charge in [-0.2, -0.15) is 0 Å². The third-order valence-corrected chi connectivity index (χ3v) is 2.90. The monoisotopic (exact) mass is 222 g/mol. The van der Waals surface area contributed by atoms with Gasteiger partial charge in [-0.1, -0.05) is 36.7 Å². The summed E-state index contributed by atoms with van der Waals surface area (Å²) in [6, 6.07) is 0. The Bertz CT molecular complexity index is 96.2. The fraction of sp³-hybridized carbons (Fsp3) is 1.00. The molecule has 0 amide bonds. The third-order valence-electron chi connectivity index (χ3n) is 2.12. The Kier molecular flexibility index (Phi) is 5.36. The molecule has 1 nitrogen and oxygen atoms in total. The topological polar surface area (TPSA) is 20.2 Å². The van der Waals surface area contributed by atoms with Crippen LogP contribution in [0.2, 0.25) is 0 Å². The molecule has 0 bridgehead atoms. The van der Waals surface area contributed by atoms with Crippen LogP contribution in [0.25, 0.3) is 0 Å². The van der Waals surface area contributed by atoms with Crippen LogP contribution in [0.5, 0.6) is 0 Å². The van der Waals surface area contributed by atoms with Gasteiger partial charge in [-0.15, -0.1) is 0 Å². The smallest absolute Gasteiger partial charge is 0.0431 e. The highest BCUT2D eigenvalue weighted by Crippen LogP contribution is 2.30. The summed E-state index contributed by atoms with van der Waals surface area (Å²) in [7, 11) is 0. The maximum atomic E-state index is 8.66. The van der Waals surface area contributed by atoms with E-state index in [2.05, 4.69) is 36.7 Å². The molecule has 0 aliphatic carbocycles. The van der Waals surface area contributed by atoms with Gasteiger partial charge in [0.15, 0.2) is 0 Å². The van der Waals surface area contributed by atoms with Gasteiger partial charge in [0.1, 0.15) is 0 Å². The molecule has 0 aliphatic heterocycles. The number of rotatable bonds is 4. The molecule has 1 unspecified atom stereocenters. The van der Waals surface area contributed by atoms with Crippen LogP contribution in [0.1, 0.15) is 33.6 Å². The zero-order valence-electron chi connectivity index (χ0n) is 7.73. The number of halogens is 1. The molecule has 0 heterocycles. The summed E-state index contributed by atoms with van der Waals surface area (Å²) < 4.78 is 0. The summed E-state index contributed by atoms with van der Waals surface area (Å²) in [6.07, 6.45) is 2.04. The number of alkyl halides is 1. The van der Waals surface area contributed by atoms with E-state index in [1.54, 1.807) is 0 Å². The van der Waals surface area contributed by atoms with E-state index in [1.165, 1.54) is 0 Å². The molecule has 0 saturated heterocycles. The molecule has 0 aromatic heterocycles. The van der Waals surface area contributed by atoms with Crippen molar-refractivity contribution in [2.75, 3.05) is 11.9 Å². The van der Waals surface area contributed by atoms with Gasteiger partial charge in [0.05, 0.1) is 0 Å².